The summed E-state index contributed by atoms with van der Waals surface area (Å²) in [5, 5.41) is 0. The summed E-state index contributed by atoms with van der Waals surface area (Å²) in [6.45, 7) is 14.9. The van der Waals surface area contributed by atoms with Crippen molar-refractivity contribution in [1.82, 2.24) is 4.90 Å². The van der Waals surface area contributed by atoms with Crippen LogP contribution in [0, 0.1) is 11.8 Å². The number of carbonyl (C=O) groups excluding carboxylic acids is 1. The van der Waals surface area contributed by atoms with E-state index in [2.05, 4.69) is 39.5 Å². The fourth-order valence-electron chi connectivity index (χ4n) is 2.24. The van der Waals surface area contributed by atoms with Gasteiger partial charge in [0.05, 0.1) is 5.54 Å². The largest absolute Gasteiger partial charge is 0.368 e. The lowest BCUT2D eigenvalue weighted by molar-refractivity contribution is -0.123. The second kappa shape index (κ2) is 8.63. The van der Waals surface area contributed by atoms with Gasteiger partial charge in [-0.05, 0) is 58.0 Å². The van der Waals surface area contributed by atoms with Crippen molar-refractivity contribution in [2.24, 2.45) is 23.3 Å². The molecule has 0 aromatic heterocycles. The number of hydrogen-bond donors (Lipinski definition) is 2. The van der Waals surface area contributed by atoms with E-state index in [9.17, 15) is 4.79 Å². The second-order valence-electron chi connectivity index (χ2n) is 7.24. The first-order valence-corrected chi connectivity index (χ1v) is 7.89. The van der Waals surface area contributed by atoms with Gasteiger partial charge < -0.3 is 16.4 Å². The number of amides is 1. The summed E-state index contributed by atoms with van der Waals surface area (Å²) in [5.74, 6) is 0.949. The van der Waals surface area contributed by atoms with E-state index in [4.69, 9.17) is 11.5 Å². The average molecular weight is 285 g/mol. The van der Waals surface area contributed by atoms with E-state index in [1.54, 1.807) is 6.92 Å². The Morgan fingerprint density at radius 3 is 1.75 bits per heavy atom. The molecule has 4 heteroatoms. The van der Waals surface area contributed by atoms with Crippen molar-refractivity contribution in [2.45, 2.75) is 72.4 Å². The third-order valence-corrected chi connectivity index (χ3v) is 3.89. The summed E-state index contributed by atoms with van der Waals surface area (Å²) >= 11 is 0. The molecule has 2 atom stereocenters. The van der Waals surface area contributed by atoms with Crippen LogP contribution < -0.4 is 11.5 Å². The molecule has 1 amide bonds. The fraction of sp³-hybridized carbons (Fsp3) is 0.938. The molecular formula is C16H35N3O. The van der Waals surface area contributed by atoms with Gasteiger partial charge in [-0.25, -0.2) is 0 Å². The molecule has 0 saturated carbocycles. The fourth-order valence-corrected chi connectivity index (χ4v) is 2.24. The van der Waals surface area contributed by atoms with Crippen LogP contribution in [0.2, 0.25) is 0 Å². The monoisotopic (exact) mass is 285 g/mol. The topological polar surface area (TPSA) is 72.3 Å². The van der Waals surface area contributed by atoms with Crippen molar-refractivity contribution in [1.29, 1.82) is 0 Å². The predicted molar refractivity (Wildman–Crippen MR) is 86.3 cm³/mol. The molecule has 120 valence electrons. The van der Waals surface area contributed by atoms with Crippen LogP contribution in [0.1, 0.15) is 60.8 Å². The van der Waals surface area contributed by atoms with Gasteiger partial charge in [-0.3, -0.25) is 4.79 Å². The predicted octanol–water partition coefficient (Wildman–Crippen LogP) is 2.36. The zero-order valence-corrected chi connectivity index (χ0v) is 14.3. The van der Waals surface area contributed by atoms with E-state index >= 15 is 0 Å². The van der Waals surface area contributed by atoms with Crippen molar-refractivity contribution < 1.29 is 4.79 Å². The number of nitrogens with two attached hydrogens (primary N) is 2. The van der Waals surface area contributed by atoms with Crippen LogP contribution >= 0.6 is 0 Å². The van der Waals surface area contributed by atoms with Crippen LogP contribution in [0.4, 0.5) is 0 Å². The molecule has 2 unspecified atom stereocenters. The summed E-state index contributed by atoms with van der Waals surface area (Å²) in [5.41, 5.74) is 10.5. The number of primary amides is 1. The number of hydrogen-bond acceptors (Lipinski definition) is 3. The number of rotatable bonds is 10. The molecule has 0 rings (SSSR count). The SMILES string of the molecule is CC(C)CCN(CCC(C)C)C(C)CC(C)(N)C(N)=O. The minimum atomic E-state index is -0.923. The number of carbonyl (C=O) groups is 1. The smallest absolute Gasteiger partial charge is 0.237 e. The van der Waals surface area contributed by atoms with Gasteiger partial charge in [0.25, 0.3) is 0 Å². The molecule has 0 bridgehead atoms. The molecule has 0 spiro atoms. The van der Waals surface area contributed by atoms with Gasteiger partial charge in [0.1, 0.15) is 0 Å². The highest BCUT2D eigenvalue weighted by Gasteiger charge is 2.30. The maximum absolute atomic E-state index is 11.4. The summed E-state index contributed by atoms with van der Waals surface area (Å²) in [7, 11) is 0. The maximum atomic E-state index is 11.4. The molecule has 20 heavy (non-hydrogen) atoms. The molecule has 0 radical (unpaired) electrons. The first-order chi connectivity index (χ1) is 9.06. The Balaban J connectivity index is 4.60. The highest BCUT2D eigenvalue weighted by Crippen LogP contribution is 2.17. The van der Waals surface area contributed by atoms with Gasteiger partial charge in [-0.1, -0.05) is 27.7 Å². The van der Waals surface area contributed by atoms with Crippen molar-refractivity contribution in [3.8, 4) is 0 Å². The Labute approximate surface area is 125 Å². The zero-order chi connectivity index (χ0) is 15.9. The molecule has 4 nitrogen and oxygen atoms in total. The first-order valence-electron chi connectivity index (χ1n) is 7.89. The molecule has 4 N–H and O–H groups in total. The molecule has 0 saturated heterocycles. The van der Waals surface area contributed by atoms with Crippen LogP contribution in [0.3, 0.4) is 0 Å². The quantitative estimate of drug-likeness (QED) is 0.647. The molecule has 0 aliphatic carbocycles. The minimum absolute atomic E-state index is 0.273. The molecular weight excluding hydrogens is 250 g/mol. The van der Waals surface area contributed by atoms with Crippen LogP contribution in [0.25, 0.3) is 0 Å². The lowest BCUT2D eigenvalue weighted by atomic mass is 9.93. The van der Waals surface area contributed by atoms with Crippen LogP contribution in [-0.4, -0.2) is 35.5 Å². The van der Waals surface area contributed by atoms with E-state index in [0.717, 1.165) is 13.1 Å². The summed E-state index contributed by atoms with van der Waals surface area (Å²) in [6.07, 6.45) is 2.94. The van der Waals surface area contributed by atoms with Gasteiger partial charge in [0.15, 0.2) is 0 Å². The van der Waals surface area contributed by atoms with E-state index in [1.807, 2.05) is 0 Å². The lowest BCUT2D eigenvalue weighted by Gasteiger charge is -2.34. The summed E-state index contributed by atoms with van der Waals surface area (Å²) in [6, 6.07) is 0.273. The van der Waals surface area contributed by atoms with Gasteiger partial charge in [0.2, 0.25) is 5.91 Å². The third-order valence-electron chi connectivity index (χ3n) is 3.89. The van der Waals surface area contributed by atoms with E-state index in [0.29, 0.717) is 18.3 Å². The van der Waals surface area contributed by atoms with Crippen LogP contribution in [0.5, 0.6) is 0 Å². The maximum Gasteiger partial charge on any atom is 0.237 e. The molecule has 0 fully saturated rings. The second-order valence-corrected chi connectivity index (χ2v) is 7.24. The van der Waals surface area contributed by atoms with Crippen LogP contribution in [0.15, 0.2) is 0 Å². The van der Waals surface area contributed by atoms with E-state index < -0.39 is 11.4 Å². The third kappa shape index (κ3) is 7.85. The molecule has 0 aromatic rings. The average Bonchev–Trinajstić information content (AvgIpc) is 2.26. The Bertz CT molecular complexity index is 275. The standard InChI is InChI=1S/C16H35N3O/c1-12(2)7-9-19(10-8-13(3)4)14(5)11-16(6,18)15(17)20/h12-14H,7-11,18H2,1-6H3,(H2,17,20). The Morgan fingerprint density at radius 2 is 1.45 bits per heavy atom. The molecule has 0 aliphatic rings. The first kappa shape index (κ1) is 19.4. The highest BCUT2D eigenvalue weighted by molar-refractivity contribution is 5.83. The normalized spacial score (nSPS) is 16.7. The summed E-state index contributed by atoms with van der Waals surface area (Å²) in [4.78, 5) is 13.8. The van der Waals surface area contributed by atoms with Gasteiger partial charge in [0, 0.05) is 6.04 Å². The molecule has 0 aliphatic heterocycles. The van der Waals surface area contributed by atoms with Gasteiger partial charge >= 0.3 is 0 Å². The van der Waals surface area contributed by atoms with Crippen LogP contribution in [-0.2, 0) is 4.79 Å². The lowest BCUT2D eigenvalue weighted by Crippen LogP contribution is -2.53. The minimum Gasteiger partial charge on any atom is -0.368 e. The Hall–Kier alpha value is -0.610. The van der Waals surface area contributed by atoms with E-state index in [1.165, 1.54) is 12.8 Å². The Kier molecular flexibility index (Phi) is 8.36. The van der Waals surface area contributed by atoms with Crippen molar-refractivity contribution in [3.63, 3.8) is 0 Å². The molecule has 0 heterocycles. The van der Waals surface area contributed by atoms with Crippen molar-refractivity contribution in [2.75, 3.05) is 13.1 Å². The summed E-state index contributed by atoms with van der Waals surface area (Å²) < 4.78 is 0. The van der Waals surface area contributed by atoms with Crippen molar-refractivity contribution >= 4 is 5.91 Å². The Morgan fingerprint density at radius 1 is 1.05 bits per heavy atom. The van der Waals surface area contributed by atoms with Gasteiger partial charge in [-0.2, -0.15) is 0 Å². The zero-order valence-electron chi connectivity index (χ0n) is 14.3. The van der Waals surface area contributed by atoms with Gasteiger partial charge in [-0.15, -0.1) is 0 Å². The van der Waals surface area contributed by atoms with Crippen molar-refractivity contribution in [3.05, 3.63) is 0 Å². The highest BCUT2D eigenvalue weighted by atomic mass is 16.1. The number of nitrogens with zero attached hydrogens (tertiary/aromatic N) is 1. The van der Waals surface area contributed by atoms with E-state index in [-0.39, 0.29) is 6.04 Å². The molecule has 0 aromatic carbocycles.